The minimum Gasteiger partial charge on any atom is -0.389 e. The second-order valence-corrected chi connectivity index (χ2v) is 9.40. The van der Waals surface area contributed by atoms with Crippen molar-refractivity contribution in [3.63, 3.8) is 0 Å². The summed E-state index contributed by atoms with van der Waals surface area (Å²) >= 11 is 0. The normalized spacial score (nSPS) is 12.8. The summed E-state index contributed by atoms with van der Waals surface area (Å²) in [6.45, 7) is 4.76. The molecule has 1 aromatic carbocycles. The second-order valence-electron chi connectivity index (χ2n) is 7.84. The molecule has 4 N–H and O–H groups in total. The zero-order chi connectivity index (χ0) is 23.9. The van der Waals surface area contributed by atoms with Gasteiger partial charge in [-0.2, -0.15) is 18.3 Å². The highest BCUT2D eigenvalue weighted by molar-refractivity contribution is 7.89. The molecule has 0 saturated heterocycles. The molecular weight excluding hydrogens is 449 g/mol. The number of sulfonamides is 1. The maximum absolute atomic E-state index is 13.6. The summed E-state index contributed by atoms with van der Waals surface area (Å²) in [5.74, 6) is -0.130. The number of nitrogens with one attached hydrogen (secondary N) is 1. The van der Waals surface area contributed by atoms with E-state index in [0.29, 0.717) is 17.4 Å². The van der Waals surface area contributed by atoms with Gasteiger partial charge in [-0.3, -0.25) is 4.68 Å². The van der Waals surface area contributed by atoms with Crippen molar-refractivity contribution in [3.8, 4) is 11.3 Å². The minimum atomic E-state index is -4.71. The lowest BCUT2D eigenvalue weighted by Gasteiger charge is -2.16. The number of primary sulfonamides is 1. The molecule has 9 nitrogen and oxygen atoms in total. The average Bonchev–Trinajstić information content (AvgIpc) is 3.08. The molecule has 0 radical (unpaired) electrons. The van der Waals surface area contributed by atoms with Crippen LogP contribution >= 0.6 is 0 Å². The van der Waals surface area contributed by atoms with Crippen LogP contribution in [0.4, 0.5) is 24.8 Å². The predicted octanol–water partition coefficient (Wildman–Crippen LogP) is 2.83. The number of hydrogen-bond donors (Lipinski definition) is 3. The first-order chi connectivity index (χ1) is 14.6. The summed E-state index contributed by atoms with van der Waals surface area (Å²) in [7, 11) is -3.90. The number of nitrogens with two attached hydrogens (primary N) is 1. The molecule has 2 aromatic heterocycles. The van der Waals surface area contributed by atoms with Crippen LogP contribution in [0.3, 0.4) is 0 Å². The summed E-state index contributed by atoms with van der Waals surface area (Å²) in [5.41, 5.74) is -1.61. The number of hydrogen-bond acceptors (Lipinski definition) is 7. The van der Waals surface area contributed by atoms with Crippen LogP contribution in [-0.2, 0) is 22.7 Å². The Labute approximate surface area is 182 Å². The molecule has 2 heterocycles. The lowest BCUT2D eigenvalue weighted by atomic mass is 10.1. The predicted molar refractivity (Wildman–Crippen MR) is 110 cm³/mol. The third-order valence-corrected chi connectivity index (χ3v) is 5.23. The summed E-state index contributed by atoms with van der Waals surface area (Å²) in [5, 5.41) is 21.8. The quantitative estimate of drug-likeness (QED) is 0.504. The van der Waals surface area contributed by atoms with E-state index < -0.39 is 33.1 Å². The monoisotopic (exact) mass is 470 g/mol. The first kappa shape index (κ1) is 23.6. The Balaban J connectivity index is 2.00. The molecule has 3 rings (SSSR count). The Kier molecular flexibility index (Phi) is 6.02. The number of aryl methyl sites for hydroxylation is 1. The van der Waals surface area contributed by atoms with Gasteiger partial charge < -0.3 is 10.4 Å². The third kappa shape index (κ3) is 5.60. The van der Waals surface area contributed by atoms with Gasteiger partial charge in [0.2, 0.25) is 16.0 Å². The Bertz CT molecular complexity index is 1250. The summed E-state index contributed by atoms with van der Waals surface area (Å²) in [6.07, 6.45) is -1.48. The van der Waals surface area contributed by atoms with Crippen molar-refractivity contribution in [2.75, 3.05) is 5.32 Å². The molecule has 172 valence electrons. The van der Waals surface area contributed by atoms with E-state index >= 15 is 0 Å². The molecule has 0 amide bonds. The van der Waals surface area contributed by atoms with Crippen molar-refractivity contribution in [1.82, 2.24) is 19.7 Å². The largest absolute Gasteiger partial charge is 0.419 e. The first-order valence-corrected chi connectivity index (χ1v) is 10.8. The number of anilines is 2. The summed E-state index contributed by atoms with van der Waals surface area (Å²) in [6, 6.07) is 4.00. The number of rotatable bonds is 6. The van der Waals surface area contributed by atoms with Crippen molar-refractivity contribution < 1.29 is 26.7 Å². The van der Waals surface area contributed by atoms with E-state index in [2.05, 4.69) is 20.4 Å². The van der Waals surface area contributed by atoms with Crippen LogP contribution in [0.25, 0.3) is 11.3 Å². The maximum atomic E-state index is 13.6. The van der Waals surface area contributed by atoms with E-state index in [1.807, 2.05) is 0 Å². The van der Waals surface area contributed by atoms with Gasteiger partial charge in [-0.1, -0.05) is 0 Å². The lowest BCUT2D eigenvalue weighted by Crippen LogP contribution is -2.26. The maximum Gasteiger partial charge on any atom is 0.419 e. The zero-order valence-electron chi connectivity index (χ0n) is 17.3. The Morgan fingerprint density at radius 3 is 2.47 bits per heavy atom. The van der Waals surface area contributed by atoms with Crippen molar-refractivity contribution in [1.29, 1.82) is 0 Å². The van der Waals surface area contributed by atoms with E-state index in [9.17, 15) is 26.7 Å². The topological polar surface area (TPSA) is 136 Å². The molecule has 13 heteroatoms. The third-order valence-electron chi connectivity index (χ3n) is 4.32. The molecule has 0 aliphatic heterocycles. The highest BCUT2D eigenvalue weighted by Gasteiger charge is 2.36. The molecule has 32 heavy (non-hydrogen) atoms. The highest BCUT2D eigenvalue weighted by atomic mass is 32.2. The van der Waals surface area contributed by atoms with Crippen LogP contribution in [0.1, 0.15) is 25.0 Å². The van der Waals surface area contributed by atoms with E-state index in [0.717, 1.165) is 0 Å². The van der Waals surface area contributed by atoms with E-state index in [-0.39, 0.29) is 23.0 Å². The number of halogens is 3. The molecule has 3 aromatic rings. The number of alkyl halides is 3. The number of aromatic nitrogens is 4. The van der Waals surface area contributed by atoms with Gasteiger partial charge in [-0.05, 0) is 44.5 Å². The average molecular weight is 470 g/mol. The molecule has 0 fully saturated rings. The molecule has 0 unspecified atom stereocenters. The standard InChI is InChI=1S/C19H21F3N6O3S/c1-11-6-13(32(23,30)31)4-5-15(11)26-17-24-8-14(19(20,21)22)16(27-17)12-7-25-28(9-12)10-18(2,3)29/h4-9,29H,10H2,1-3H3,(H2,23,30,31)(H,24,26,27). The number of aliphatic hydroxyl groups is 1. The van der Waals surface area contributed by atoms with E-state index in [1.165, 1.54) is 35.3 Å². The zero-order valence-corrected chi connectivity index (χ0v) is 18.2. The Morgan fingerprint density at radius 2 is 1.91 bits per heavy atom. The fourth-order valence-electron chi connectivity index (χ4n) is 2.91. The fraction of sp³-hybridized carbons (Fsp3) is 0.316. The van der Waals surface area contributed by atoms with Gasteiger partial charge in [0, 0.05) is 23.6 Å². The summed E-state index contributed by atoms with van der Waals surface area (Å²) < 4.78 is 64.9. The Hall–Kier alpha value is -3.03. The van der Waals surface area contributed by atoms with Gasteiger partial charge in [0.1, 0.15) is 5.56 Å². The molecule has 0 bridgehead atoms. The Morgan fingerprint density at radius 1 is 1.22 bits per heavy atom. The highest BCUT2D eigenvalue weighted by Crippen LogP contribution is 2.36. The van der Waals surface area contributed by atoms with Crippen LogP contribution in [0.15, 0.2) is 41.7 Å². The molecule has 0 spiro atoms. The molecule has 0 aliphatic rings. The fourth-order valence-corrected chi connectivity index (χ4v) is 3.51. The van der Waals surface area contributed by atoms with Crippen LogP contribution in [-0.4, -0.2) is 38.9 Å². The van der Waals surface area contributed by atoms with Gasteiger partial charge in [-0.25, -0.2) is 23.5 Å². The molecule has 0 aliphatic carbocycles. The summed E-state index contributed by atoms with van der Waals surface area (Å²) in [4.78, 5) is 7.68. The van der Waals surface area contributed by atoms with Crippen LogP contribution in [0.2, 0.25) is 0 Å². The van der Waals surface area contributed by atoms with Crippen molar-refractivity contribution in [2.24, 2.45) is 5.14 Å². The number of benzene rings is 1. The smallest absolute Gasteiger partial charge is 0.389 e. The van der Waals surface area contributed by atoms with Crippen LogP contribution in [0.5, 0.6) is 0 Å². The van der Waals surface area contributed by atoms with Gasteiger partial charge in [-0.15, -0.1) is 0 Å². The van der Waals surface area contributed by atoms with Crippen molar-refractivity contribution in [3.05, 3.63) is 47.9 Å². The minimum absolute atomic E-state index is 0.0696. The number of nitrogens with zero attached hydrogens (tertiary/aromatic N) is 4. The van der Waals surface area contributed by atoms with Crippen LogP contribution < -0.4 is 10.5 Å². The van der Waals surface area contributed by atoms with Gasteiger partial charge in [0.05, 0.1) is 28.9 Å². The SMILES string of the molecule is Cc1cc(S(N)(=O)=O)ccc1Nc1ncc(C(F)(F)F)c(-c2cnn(CC(C)(C)O)c2)n1. The van der Waals surface area contributed by atoms with Gasteiger partial charge >= 0.3 is 6.18 Å². The van der Waals surface area contributed by atoms with Crippen molar-refractivity contribution >= 4 is 21.7 Å². The molecule has 0 atom stereocenters. The van der Waals surface area contributed by atoms with Crippen LogP contribution in [0, 0.1) is 6.92 Å². The first-order valence-electron chi connectivity index (χ1n) is 9.23. The van der Waals surface area contributed by atoms with E-state index in [4.69, 9.17) is 5.14 Å². The van der Waals surface area contributed by atoms with E-state index in [1.54, 1.807) is 20.8 Å². The lowest BCUT2D eigenvalue weighted by molar-refractivity contribution is -0.137. The second kappa shape index (κ2) is 8.15. The van der Waals surface area contributed by atoms with Gasteiger partial charge in [0.25, 0.3) is 0 Å². The molecular formula is C19H21F3N6O3S. The van der Waals surface area contributed by atoms with Gasteiger partial charge in [0.15, 0.2) is 0 Å². The molecule has 0 saturated carbocycles. The van der Waals surface area contributed by atoms with Crippen molar-refractivity contribution in [2.45, 2.75) is 44.0 Å².